The molecule has 0 saturated heterocycles. The molecule has 0 aromatic carbocycles. The Morgan fingerprint density at radius 2 is 2.10 bits per heavy atom. The second-order valence-corrected chi connectivity index (χ2v) is 5.55. The van der Waals surface area contributed by atoms with Crippen LogP contribution in [0.4, 0.5) is 5.69 Å². The fraction of sp³-hybridized carbons (Fsp3) is 0.625. The van der Waals surface area contributed by atoms with Gasteiger partial charge in [0.2, 0.25) is 0 Å². The van der Waals surface area contributed by atoms with Crippen molar-refractivity contribution in [2.45, 2.75) is 33.2 Å². The van der Waals surface area contributed by atoms with E-state index >= 15 is 0 Å². The van der Waals surface area contributed by atoms with E-state index in [9.17, 15) is 4.79 Å². The van der Waals surface area contributed by atoms with Gasteiger partial charge < -0.3 is 15.1 Å². The third kappa shape index (κ3) is 5.01. The summed E-state index contributed by atoms with van der Waals surface area (Å²) >= 11 is 0. The lowest BCUT2D eigenvalue weighted by Crippen LogP contribution is -2.43. The van der Waals surface area contributed by atoms with E-state index in [4.69, 9.17) is 0 Å². The standard InChI is InChI=1S/C16H28N4O/c1-6-9-18-15-11-17-10-8-14(15)16(21)20(7-2)13(3)12-19(4)5/h8,10-11,13,18H,6-7,9,12H2,1-5H3. The highest BCUT2D eigenvalue weighted by atomic mass is 16.2. The van der Waals surface area contributed by atoms with Crippen molar-refractivity contribution < 1.29 is 4.79 Å². The summed E-state index contributed by atoms with van der Waals surface area (Å²) in [6.45, 7) is 8.59. The van der Waals surface area contributed by atoms with Crippen LogP contribution in [0.5, 0.6) is 0 Å². The van der Waals surface area contributed by atoms with Gasteiger partial charge >= 0.3 is 0 Å². The van der Waals surface area contributed by atoms with Gasteiger partial charge in [-0.25, -0.2) is 0 Å². The summed E-state index contributed by atoms with van der Waals surface area (Å²) in [4.78, 5) is 20.9. The highest BCUT2D eigenvalue weighted by Crippen LogP contribution is 2.17. The van der Waals surface area contributed by atoms with Gasteiger partial charge in [0.05, 0.1) is 17.4 Å². The summed E-state index contributed by atoms with van der Waals surface area (Å²) in [7, 11) is 4.05. The first-order valence-corrected chi connectivity index (χ1v) is 7.64. The molecule has 5 nitrogen and oxygen atoms in total. The van der Waals surface area contributed by atoms with Crippen LogP contribution in [0.25, 0.3) is 0 Å². The molecule has 0 aliphatic heterocycles. The lowest BCUT2D eigenvalue weighted by molar-refractivity contribution is 0.0680. The van der Waals surface area contributed by atoms with Crippen LogP contribution in [0.1, 0.15) is 37.6 Å². The SMILES string of the molecule is CCCNc1cnccc1C(=O)N(CC)C(C)CN(C)C. The van der Waals surface area contributed by atoms with Gasteiger partial charge in [-0.15, -0.1) is 0 Å². The first-order valence-electron chi connectivity index (χ1n) is 7.64. The van der Waals surface area contributed by atoms with E-state index in [0.717, 1.165) is 25.2 Å². The minimum Gasteiger partial charge on any atom is -0.383 e. The number of pyridine rings is 1. The molecule has 0 aliphatic carbocycles. The molecular formula is C16H28N4O. The number of nitrogens with one attached hydrogen (secondary N) is 1. The molecule has 1 N–H and O–H groups in total. The van der Waals surface area contributed by atoms with Crippen molar-refractivity contribution in [3.05, 3.63) is 24.0 Å². The molecule has 0 saturated carbocycles. The topological polar surface area (TPSA) is 48.5 Å². The van der Waals surface area contributed by atoms with Crippen LogP contribution < -0.4 is 5.32 Å². The van der Waals surface area contributed by atoms with E-state index in [1.807, 2.05) is 25.9 Å². The zero-order valence-corrected chi connectivity index (χ0v) is 13.9. The van der Waals surface area contributed by atoms with Crippen LogP contribution in [-0.2, 0) is 0 Å². The molecule has 0 bridgehead atoms. The molecule has 0 spiro atoms. The lowest BCUT2D eigenvalue weighted by Gasteiger charge is -2.30. The van der Waals surface area contributed by atoms with Crippen LogP contribution in [0, 0.1) is 0 Å². The fourth-order valence-corrected chi connectivity index (χ4v) is 2.42. The summed E-state index contributed by atoms with van der Waals surface area (Å²) in [6.07, 6.45) is 4.42. The number of carbonyl (C=O) groups excluding carboxylic acids is 1. The van der Waals surface area contributed by atoms with Crippen LogP contribution in [-0.4, -0.2) is 60.5 Å². The van der Waals surface area contributed by atoms with E-state index in [0.29, 0.717) is 12.1 Å². The number of carbonyl (C=O) groups is 1. The van der Waals surface area contributed by atoms with Gasteiger partial charge in [0.25, 0.3) is 5.91 Å². The molecule has 1 heterocycles. The number of hydrogen-bond donors (Lipinski definition) is 1. The van der Waals surface area contributed by atoms with Gasteiger partial charge in [-0.2, -0.15) is 0 Å². The Balaban J connectivity index is 2.94. The third-order valence-corrected chi connectivity index (χ3v) is 3.38. The third-order valence-electron chi connectivity index (χ3n) is 3.38. The largest absolute Gasteiger partial charge is 0.383 e. The molecule has 1 aromatic heterocycles. The minimum absolute atomic E-state index is 0.0628. The van der Waals surface area contributed by atoms with E-state index < -0.39 is 0 Å². The van der Waals surface area contributed by atoms with Crippen molar-refractivity contribution in [3.8, 4) is 0 Å². The molecule has 1 unspecified atom stereocenters. The fourth-order valence-electron chi connectivity index (χ4n) is 2.42. The molecule has 0 radical (unpaired) electrons. The second kappa shape index (κ2) is 8.62. The average Bonchev–Trinajstić information content (AvgIpc) is 2.45. The first-order chi connectivity index (χ1) is 10.0. The molecular weight excluding hydrogens is 264 g/mol. The average molecular weight is 292 g/mol. The maximum Gasteiger partial charge on any atom is 0.256 e. The van der Waals surface area contributed by atoms with Crippen LogP contribution >= 0.6 is 0 Å². The van der Waals surface area contributed by atoms with Gasteiger partial charge in [-0.1, -0.05) is 6.92 Å². The number of amides is 1. The highest BCUT2D eigenvalue weighted by Gasteiger charge is 2.22. The van der Waals surface area contributed by atoms with E-state index in [1.165, 1.54) is 0 Å². The predicted octanol–water partition coefficient (Wildman–Crippen LogP) is 2.32. The number of anilines is 1. The Labute approximate surface area is 128 Å². The number of aromatic nitrogens is 1. The summed E-state index contributed by atoms with van der Waals surface area (Å²) < 4.78 is 0. The van der Waals surface area contributed by atoms with E-state index in [-0.39, 0.29) is 11.9 Å². The Hall–Kier alpha value is -1.62. The van der Waals surface area contributed by atoms with Crippen LogP contribution in [0.15, 0.2) is 18.5 Å². The smallest absolute Gasteiger partial charge is 0.256 e. The second-order valence-electron chi connectivity index (χ2n) is 5.55. The van der Waals surface area contributed by atoms with E-state index in [2.05, 4.69) is 29.0 Å². The maximum absolute atomic E-state index is 12.8. The highest BCUT2D eigenvalue weighted by molar-refractivity contribution is 5.99. The van der Waals surface area contributed by atoms with Crippen molar-refractivity contribution in [1.29, 1.82) is 0 Å². The first kappa shape index (κ1) is 17.4. The van der Waals surface area contributed by atoms with Crippen LogP contribution in [0.2, 0.25) is 0 Å². The molecule has 1 rings (SSSR count). The van der Waals surface area contributed by atoms with Gasteiger partial charge in [0.1, 0.15) is 0 Å². The number of hydrogen-bond acceptors (Lipinski definition) is 4. The quantitative estimate of drug-likeness (QED) is 0.799. The normalized spacial score (nSPS) is 12.3. The molecule has 5 heteroatoms. The summed E-state index contributed by atoms with van der Waals surface area (Å²) in [5.74, 6) is 0.0628. The lowest BCUT2D eigenvalue weighted by atomic mass is 10.1. The van der Waals surface area contributed by atoms with Crippen molar-refractivity contribution in [3.63, 3.8) is 0 Å². The molecule has 1 amide bonds. The molecule has 1 atom stereocenters. The Morgan fingerprint density at radius 3 is 2.67 bits per heavy atom. The number of nitrogens with zero attached hydrogens (tertiary/aromatic N) is 3. The van der Waals surface area contributed by atoms with Crippen LogP contribution in [0.3, 0.4) is 0 Å². The van der Waals surface area contributed by atoms with Gasteiger partial charge in [-0.3, -0.25) is 9.78 Å². The zero-order valence-electron chi connectivity index (χ0n) is 13.9. The molecule has 0 fully saturated rings. The Kier molecular flexibility index (Phi) is 7.15. The molecule has 1 aromatic rings. The Bertz CT molecular complexity index is 448. The van der Waals surface area contributed by atoms with Gasteiger partial charge in [0.15, 0.2) is 0 Å². The Morgan fingerprint density at radius 1 is 1.38 bits per heavy atom. The van der Waals surface area contributed by atoms with Crippen molar-refractivity contribution >= 4 is 11.6 Å². The monoisotopic (exact) mass is 292 g/mol. The van der Waals surface area contributed by atoms with Crippen molar-refractivity contribution in [1.82, 2.24) is 14.8 Å². The predicted molar refractivity (Wildman–Crippen MR) is 87.7 cm³/mol. The molecule has 0 aliphatic rings. The van der Waals surface area contributed by atoms with Crippen molar-refractivity contribution in [2.75, 3.05) is 39.0 Å². The van der Waals surface area contributed by atoms with Gasteiger partial charge in [-0.05, 0) is 40.4 Å². The molecule has 21 heavy (non-hydrogen) atoms. The summed E-state index contributed by atoms with van der Waals surface area (Å²) in [5.41, 5.74) is 1.52. The number of rotatable bonds is 8. The summed E-state index contributed by atoms with van der Waals surface area (Å²) in [6, 6.07) is 1.97. The summed E-state index contributed by atoms with van der Waals surface area (Å²) in [5, 5.41) is 3.28. The maximum atomic E-state index is 12.8. The minimum atomic E-state index is 0.0628. The van der Waals surface area contributed by atoms with Crippen molar-refractivity contribution in [2.24, 2.45) is 0 Å². The van der Waals surface area contributed by atoms with Gasteiger partial charge in [0, 0.05) is 31.9 Å². The van der Waals surface area contributed by atoms with E-state index in [1.54, 1.807) is 18.5 Å². The zero-order chi connectivity index (χ0) is 15.8. The number of likely N-dealkylation sites (N-methyl/N-ethyl adjacent to an activating group) is 2. The molecule has 118 valence electrons.